The Hall–Kier alpha value is -3.01. The Morgan fingerprint density at radius 1 is 1.27 bits per heavy atom. The number of halogens is 2. The van der Waals surface area contributed by atoms with Crippen molar-refractivity contribution in [1.82, 2.24) is 20.1 Å². The minimum Gasteiger partial charge on any atom is -0.492 e. The lowest BCUT2D eigenvalue weighted by Gasteiger charge is -2.38. The molecule has 1 spiro atoms. The minimum atomic E-state index is -0.0995. The zero-order chi connectivity index (χ0) is 26.0. The van der Waals surface area contributed by atoms with Gasteiger partial charge >= 0.3 is 0 Å². The van der Waals surface area contributed by atoms with Crippen LogP contribution in [0, 0.1) is 5.41 Å². The third-order valence-corrected chi connectivity index (χ3v) is 8.02. The zero-order valence-electron chi connectivity index (χ0n) is 20.3. The Kier molecular flexibility index (Phi) is 7.46. The van der Waals surface area contributed by atoms with Crippen molar-refractivity contribution in [2.75, 3.05) is 25.4 Å². The van der Waals surface area contributed by atoms with Crippen LogP contribution in [0.25, 0.3) is 0 Å². The van der Waals surface area contributed by atoms with E-state index in [1.54, 1.807) is 30.3 Å². The number of hydrogen-bond donors (Lipinski definition) is 3. The van der Waals surface area contributed by atoms with Crippen LogP contribution in [0.2, 0.25) is 10.0 Å². The SMILES string of the molecule is Nc1ncc(C(=O)N2CCC3(CC2)COC(CCc2cc(O)n[nH]2)C3)cc1OCc1c(Cl)cccc1Cl. The van der Waals surface area contributed by atoms with Gasteiger partial charge in [0, 0.05) is 46.7 Å². The molecule has 4 heterocycles. The Labute approximate surface area is 224 Å². The van der Waals surface area contributed by atoms with Crippen molar-refractivity contribution >= 4 is 34.9 Å². The van der Waals surface area contributed by atoms with Crippen LogP contribution in [0.4, 0.5) is 5.82 Å². The van der Waals surface area contributed by atoms with Crippen LogP contribution in [-0.4, -0.2) is 56.9 Å². The second-order valence-electron chi connectivity index (χ2n) is 9.82. The fraction of sp³-hybridized carbons (Fsp3) is 0.423. The van der Waals surface area contributed by atoms with Crippen molar-refractivity contribution in [2.45, 2.75) is 44.8 Å². The van der Waals surface area contributed by atoms with Crippen molar-refractivity contribution in [3.63, 3.8) is 0 Å². The molecule has 0 bridgehead atoms. The number of pyridine rings is 1. The number of aromatic amines is 1. The van der Waals surface area contributed by atoms with Gasteiger partial charge in [-0.05, 0) is 55.7 Å². The van der Waals surface area contributed by atoms with E-state index >= 15 is 0 Å². The molecule has 1 unspecified atom stereocenters. The van der Waals surface area contributed by atoms with Crippen molar-refractivity contribution in [3.05, 3.63) is 63.4 Å². The number of hydrogen-bond acceptors (Lipinski definition) is 7. The maximum Gasteiger partial charge on any atom is 0.255 e. The fourth-order valence-electron chi connectivity index (χ4n) is 5.10. The number of nitrogen functional groups attached to an aromatic ring is 1. The summed E-state index contributed by atoms with van der Waals surface area (Å²) in [6, 6.07) is 8.50. The molecule has 5 rings (SSSR count). The smallest absolute Gasteiger partial charge is 0.255 e. The lowest BCUT2D eigenvalue weighted by molar-refractivity contribution is 0.0489. The Morgan fingerprint density at radius 3 is 2.73 bits per heavy atom. The molecule has 1 aromatic carbocycles. The molecule has 37 heavy (non-hydrogen) atoms. The van der Waals surface area contributed by atoms with Gasteiger partial charge in [0.1, 0.15) is 6.61 Å². The number of rotatable bonds is 7. The number of benzene rings is 1. The van der Waals surface area contributed by atoms with Crippen molar-refractivity contribution in [2.24, 2.45) is 5.41 Å². The number of carbonyl (C=O) groups excluding carboxylic acids is 1. The van der Waals surface area contributed by atoms with Gasteiger partial charge in [0.25, 0.3) is 5.91 Å². The van der Waals surface area contributed by atoms with Gasteiger partial charge in [-0.3, -0.25) is 9.89 Å². The molecular formula is C26H29Cl2N5O4. The molecule has 2 aliphatic rings. The van der Waals surface area contributed by atoms with E-state index in [1.165, 1.54) is 6.20 Å². The normalized spacial score (nSPS) is 18.9. The number of carbonyl (C=O) groups is 1. The first-order valence-electron chi connectivity index (χ1n) is 12.3. The average Bonchev–Trinajstić information content (AvgIpc) is 3.49. The summed E-state index contributed by atoms with van der Waals surface area (Å²) in [5.41, 5.74) is 8.07. The van der Waals surface area contributed by atoms with Gasteiger partial charge in [-0.1, -0.05) is 29.3 Å². The molecule has 4 N–H and O–H groups in total. The summed E-state index contributed by atoms with van der Waals surface area (Å²) >= 11 is 12.5. The predicted octanol–water partition coefficient (Wildman–Crippen LogP) is 4.62. The topological polar surface area (TPSA) is 127 Å². The number of piperidine rings is 1. The Morgan fingerprint density at radius 2 is 2.03 bits per heavy atom. The molecule has 2 aliphatic heterocycles. The van der Waals surface area contributed by atoms with Crippen LogP contribution in [0.5, 0.6) is 11.6 Å². The standard InChI is InChI=1S/C26H29Cl2N5O4/c27-20-2-1-3-21(28)19(20)14-36-22-10-16(13-30-24(22)29)25(35)33-8-6-26(7-9-33)12-18(37-15-26)5-4-17-11-23(34)32-31-17/h1-3,10-11,13,18H,4-9,12,14-15H2,(H2,29,30)(H2,31,32,34). The van der Waals surface area contributed by atoms with E-state index in [-0.39, 0.29) is 35.7 Å². The molecular weight excluding hydrogens is 517 g/mol. The first-order chi connectivity index (χ1) is 17.8. The average molecular weight is 546 g/mol. The summed E-state index contributed by atoms with van der Waals surface area (Å²) in [7, 11) is 0. The summed E-state index contributed by atoms with van der Waals surface area (Å²) < 4.78 is 11.9. The van der Waals surface area contributed by atoms with Crippen LogP contribution in [0.1, 0.15) is 47.3 Å². The summed E-state index contributed by atoms with van der Waals surface area (Å²) in [5.74, 6) is 0.415. The molecule has 2 fully saturated rings. The number of anilines is 1. The molecule has 2 aromatic heterocycles. The number of nitrogens with one attached hydrogen (secondary N) is 1. The molecule has 2 saturated heterocycles. The van der Waals surface area contributed by atoms with E-state index in [4.69, 9.17) is 38.4 Å². The van der Waals surface area contributed by atoms with Gasteiger partial charge in [0.05, 0.1) is 18.3 Å². The van der Waals surface area contributed by atoms with Gasteiger partial charge in [-0.2, -0.15) is 0 Å². The molecule has 0 aliphatic carbocycles. The maximum atomic E-state index is 13.3. The fourth-order valence-corrected chi connectivity index (χ4v) is 5.60. The first-order valence-corrected chi connectivity index (χ1v) is 13.0. The van der Waals surface area contributed by atoms with E-state index in [0.29, 0.717) is 46.6 Å². The molecule has 11 heteroatoms. The zero-order valence-corrected chi connectivity index (χ0v) is 21.8. The molecule has 1 amide bonds. The molecule has 3 aromatic rings. The number of aromatic nitrogens is 3. The maximum absolute atomic E-state index is 13.3. The van der Waals surface area contributed by atoms with Crippen LogP contribution in [-0.2, 0) is 17.8 Å². The quantitative estimate of drug-likeness (QED) is 0.395. The number of H-pyrrole nitrogens is 1. The highest BCUT2D eigenvalue weighted by Crippen LogP contribution is 2.43. The number of likely N-dealkylation sites (tertiary alicyclic amines) is 1. The third-order valence-electron chi connectivity index (χ3n) is 7.31. The largest absolute Gasteiger partial charge is 0.492 e. The Balaban J connectivity index is 1.16. The highest BCUT2D eigenvalue weighted by atomic mass is 35.5. The lowest BCUT2D eigenvalue weighted by atomic mass is 9.76. The number of nitrogens with two attached hydrogens (primary N) is 1. The molecule has 1 atom stereocenters. The van der Waals surface area contributed by atoms with Crippen molar-refractivity contribution in [1.29, 1.82) is 0 Å². The molecule has 0 saturated carbocycles. The molecule has 9 nitrogen and oxygen atoms in total. The number of nitrogens with zero attached hydrogens (tertiary/aromatic N) is 3. The summed E-state index contributed by atoms with van der Waals surface area (Å²) in [6.07, 6.45) is 6.04. The highest BCUT2D eigenvalue weighted by molar-refractivity contribution is 6.35. The Bertz CT molecular complexity index is 1260. The van der Waals surface area contributed by atoms with Gasteiger partial charge in [-0.25, -0.2) is 4.98 Å². The second kappa shape index (κ2) is 10.8. The van der Waals surface area contributed by atoms with Gasteiger partial charge < -0.3 is 25.2 Å². The molecule has 0 radical (unpaired) electrons. The monoisotopic (exact) mass is 545 g/mol. The molecule has 196 valence electrons. The summed E-state index contributed by atoms with van der Waals surface area (Å²) in [6.45, 7) is 2.12. The van der Waals surface area contributed by atoms with Gasteiger partial charge in [0.15, 0.2) is 11.6 Å². The van der Waals surface area contributed by atoms with Gasteiger partial charge in [-0.15, -0.1) is 5.10 Å². The van der Waals surface area contributed by atoms with E-state index in [2.05, 4.69) is 15.2 Å². The summed E-state index contributed by atoms with van der Waals surface area (Å²) in [4.78, 5) is 19.3. The van der Waals surface area contributed by atoms with Crippen molar-refractivity contribution < 1.29 is 19.4 Å². The van der Waals surface area contributed by atoms with E-state index in [9.17, 15) is 9.90 Å². The van der Waals surface area contributed by atoms with Crippen LogP contribution in [0.15, 0.2) is 36.5 Å². The highest BCUT2D eigenvalue weighted by Gasteiger charge is 2.43. The van der Waals surface area contributed by atoms with Crippen molar-refractivity contribution in [3.8, 4) is 11.6 Å². The lowest BCUT2D eigenvalue weighted by Crippen LogP contribution is -2.43. The summed E-state index contributed by atoms with van der Waals surface area (Å²) in [5, 5.41) is 17.0. The van der Waals surface area contributed by atoms with E-state index in [0.717, 1.165) is 37.8 Å². The first kappa shape index (κ1) is 25.6. The third kappa shape index (κ3) is 5.79. The van der Waals surface area contributed by atoms with E-state index < -0.39 is 0 Å². The second-order valence-corrected chi connectivity index (χ2v) is 10.6. The predicted molar refractivity (Wildman–Crippen MR) is 140 cm³/mol. The van der Waals surface area contributed by atoms with Crippen LogP contribution >= 0.6 is 23.2 Å². The number of ether oxygens (including phenoxy) is 2. The minimum absolute atomic E-state index is 0.0100. The number of aryl methyl sites for hydroxylation is 1. The number of aromatic hydroxyl groups is 1. The van der Waals surface area contributed by atoms with Crippen LogP contribution in [0.3, 0.4) is 0 Å². The van der Waals surface area contributed by atoms with Crippen LogP contribution < -0.4 is 10.5 Å². The van der Waals surface area contributed by atoms with E-state index in [1.807, 2.05) is 4.90 Å². The van der Waals surface area contributed by atoms with Gasteiger partial charge in [0.2, 0.25) is 5.88 Å². The number of amides is 1.